The Morgan fingerprint density at radius 2 is 1.74 bits per heavy atom. The van der Waals surface area contributed by atoms with Crippen LogP contribution in [0.25, 0.3) is 0 Å². The molecule has 0 saturated carbocycles. The first-order chi connectivity index (χ1) is 11.2. The number of hydrogen-bond donors (Lipinski definition) is 0. The quantitative estimate of drug-likeness (QED) is 0.816. The summed E-state index contributed by atoms with van der Waals surface area (Å²) < 4.78 is 5.14. The van der Waals surface area contributed by atoms with E-state index in [0.717, 1.165) is 16.9 Å². The number of methoxy groups -OCH3 is 1. The van der Waals surface area contributed by atoms with Crippen molar-refractivity contribution in [3.05, 3.63) is 65.7 Å². The average Bonchev–Trinajstić information content (AvgIpc) is 2.59. The summed E-state index contributed by atoms with van der Waals surface area (Å²) in [5.41, 5.74) is 1.81. The first kappa shape index (κ1) is 15.3. The molecule has 0 aromatic heterocycles. The molecular weight excluding hydrogens is 290 g/mol. The van der Waals surface area contributed by atoms with E-state index in [1.54, 1.807) is 12.0 Å². The molecule has 1 saturated heterocycles. The van der Waals surface area contributed by atoms with Gasteiger partial charge in [0.15, 0.2) is 5.78 Å². The van der Waals surface area contributed by atoms with Gasteiger partial charge in [0, 0.05) is 19.5 Å². The van der Waals surface area contributed by atoms with Crippen molar-refractivity contribution in [2.24, 2.45) is 0 Å². The Kier molecular flexibility index (Phi) is 4.42. The van der Waals surface area contributed by atoms with Crippen LogP contribution in [0, 0.1) is 0 Å². The van der Waals surface area contributed by atoms with Crippen LogP contribution in [-0.2, 0) is 16.1 Å². The zero-order chi connectivity index (χ0) is 16.2. The topological polar surface area (TPSA) is 46.6 Å². The van der Waals surface area contributed by atoms with E-state index < -0.39 is 5.92 Å². The second kappa shape index (κ2) is 6.65. The number of carbonyl (C=O) groups excluding carboxylic acids is 2. The van der Waals surface area contributed by atoms with E-state index >= 15 is 0 Å². The largest absolute Gasteiger partial charge is 0.497 e. The molecule has 23 heavy (non-hydrogen) atoms. The van der Waals surface area contributed by atoms with Crippen molar-refractivity contribution in [2.45, 2.75) is 18.9 Å². The van der Waals surface area contributed by atoms with Gasteiger partial charge in [0.05, 0.1) is 7.11 Å². The van der Waals surface area contributed by atoms with E-state index in [9.17, 15) is 9.59 Å². The van der Waals surface area contributed by atoms with Gasteiger partial charge >= 0.3 is 0 Å². The van der Waals surface area contributed by atoms with Gasteiger partial charge in [-0.3, -0.25) is 9.59 Å². The fraction of sp³-hybridized carbons (Fsp3) is 0.263. The zero-order valence-corrected chi connectivity index (χ0v) is 13.1. The smallest absolute Gasteiger partial charge is 0.237 e. The minimum Gasteiger partial charge on any atom is -0.497 e. The molecule has 0 radical (unpaired) electrons. The van der Waals surface area contributed by atoms with Crippen LogP contribution in [0.4, 0.5) is 0 Å². The summed E-state index contributed by atoms with van der Waals surface area (Å²) in [7, 11) is 1.62. The standard InChI is InChI=1S/C19H19NO3/c1-23-16-9-7-14(8-10-16)13-20-12-11-17(21)18(19(20)22)15-5-3-2-4-6-15/h2-10,18H,11-13H2,1H3. The van der Waals surface area contributed by atoms with Crippen molar-refractivity contribution in [3.63, 3.8) is 0 Å². The highest BCUT2D eigenvalue weighted by atomic mass is 16.5. The van der Waals surface area contributed by atoms with Crippen LogP contribution < -0.4 is 4.74 Å². The number of piperidine rings is 1. The number of amides is 1. The van der Waals surface area contributed by atoms with E-state index in [4.69, 9.17) is 4.74 Å². The van der Waals surface area contributed by atoms with Crippen molar-refractivity contribution in [1.29, 1.82) is 0 Å². The summed E-state index contributed by atoms with van der Waals surface area (Å²) in [5.74, 6) is 0.0229. The van der Waals surface area contributed by atoms with Crippen LogP contribution in [0.5, 0.6) is 5.75 Å². The fourth-order valence-electron chi connectivity index (χ4n) is 2.90. The predicted octanol–water partition coefficient (Wildman–Crippen LogP) is 2.78. The molecule has 3 rings (SSSR count). The molecule has 4 nitrogen and oxygen atoms in total. The van der Waals surface area contributed by atoms with Gasteiger partial charge in [-0.05, 0) is 23.3 Å². The van der Waals surface area contributed by atoms with E-state index in [1.165, 1.54) is 0 Å². The van der Waals surface area contributed by atoms with Crippen LogP contribution in [0.3, 0.4) is 0 Å². The van der Waals surface area contributed by atoms with E-state index in [-0.39, 0.29) is 11.7 Å². The number of hydrogen-bond acceptors (Lipinski definition) is 3. The van der Waals surface area contributed by atoms with E-state index in [1.807, 2.05) is 54.6 Å². The molecule has 0 bridgehead atoms. The molecule has 1 aliphatic rings. The van der Waals surface area contributed by atoms with Gasteiger partial charge in [-0.2, -0.15) is 0 Å². The normalized spacial score (nSPS) is 18.1. The lowest BCUT2D eigenvalue weighted by atomic mass is 9.88. The third-order valence-electron chi connectivity index (χ3n) is 4.17. The minimum atomic E-state index is -0.664. The van der Waals surface area contributed by atoms with Crippen molar-refractivity contribution in [3.8, 4) is 5.75 Å². The summed E-state index contributed by atoms with van der Waals surface area (Å²) >= 11 is 0. The van der Waals surface area contributed by atoms with Crippen molar-refractivity contribution in [1.82, 2.24) is 4.90 Å². The van der Waals surface area contributed by atoms with Crippen LogP contribution >= 0.6 is 0 Å². The Bertz CT molecular complexity index is 694. The lowest BCUT2D eigenvalue weighted by Crippen LogP contribution is -2.44. The fourth-order valence-corrected chi connectivity index (χ4v) is 2.90. The van der Waals surface area contributed by atoms with Gasteiger partial charge < -0.3 is 9.64 Å². The van der Waals surface area contributed by atoms with Crippen LogP contribution in [0.2, 0.25) is 0 Å². The molecule has 1 fully saturated rings. The monoisotopic (exact) mass is 309 g/mol. The molecule has 118 valence electrons. The third-order valence-corrected chi connectivity index (χ3v) is 4.17. The third kappa shape index (κ3) is 3.26. The summed E-state index contributed by atoms with van der Waals surface area (Å²) in [6.45, 7) is 0.993. The molecule has 1 atom stereocenters. The first-order valence-electron chi connectivity index (χ1n) is 7.68. The van der Waals surface area contributed by atoms with Crippen molar-refractivity contribution in [2.75, 3.05) is 13.7 Å². The Morgan fingerprint density at radius 3 is 2.39 bits per heavy atom. The van der Waals surface area contributed by atoms with E-state index in [0.29, 0.717) is 19.5 Å². The summed E-state index contributed by atoms with van der Waals surface area (Å²) in [5, 5.41) is 0. The highest BCUT2D eigenvalue weighted by Crippen LogP contribution is 2.26. The SMILES string of the molecule is COc1ccc(CN2CCC(=O)C(c3ccccc3)C2=O)cc1. The van der Waals surface area contributed by atoms with E-state index in [2.05, 4.69) is 0 Å². The van der Waals surface area contributed by atoms with Crippen LogP contribution in [0.1, 0.15) is 23.5 Å². The lowest BCUT2D eigenvalue weighted by Gasteiger charge is -2.31. The lowest BCUT2D eigenvalue weighted by molar-refractivity contribution is -0.142. The molecule has 2 aromatic carbocycles. The van der Waals surface area contributed by atoms with Gasteiger partial charge in [0.1, 0.15) is 11.7 Å². The molecule has 0 N–H and O–H groups in total. The number of carbonyl (C=O) groups is 2. The number of Topliss-reactive ketones (excluding diaryl/α,β-unsaturated/α-hetero) is 1. The number of ether oxygens (including phenoxy) is 1. The van der Waals surface area contributed by atoms with Gasteiger partial charge in [0.25, 0.3) is 0 Å². The Morgan fingerprint density at radius 1 is 1.04 bits per heavy atom. The molecule has 0 spiro atoms. The molecular formula is C19H19NO3. The number of nitrogens with zero attached hydrogens (tertiary/aromatic N) is 1. The maximum absolute atomic E-state index is 12.7. The molecule has 1 aliphatic heterocycles. The highest BCUT2D eigenvalue weighted by Gasteiger charge is 2.36. The zero-order valence-electron chi connectivity index (χ0n) is 13.1. The first-order valence-corrected chi connectivity index (χ1v) is 7.68. The second-order valence-electron chi connectivity index (χ2n) is 5.67. The highest BCUT2D eigenvalue weighted by molar-refractivity contribution is 6.08. The summed E-state index contributed by atoms with van der Waals surface area (Å²) in [4.78, 5) is 26.7. The number of rotatable bonds is 4. The Balaban J connectivity index is 1.78. The number of likely N-dealkylation sites (tertiary alicyclic amines) is 1. The number of ketones is 1. The predicted molar refractivity (Wildman–Crippen MR) is 87.2 cm³/mol. The summed E-state index contributed by atoms with van der Waals surface area (Å²) in [6, 6.07) is 16.9. The maximum atomic E-state index is 12.7. The Labute approximate surface area is 135 Å². The molecule has 4 heteroatoms. The Hall–Kier alpha value is -2.62. The molecule has 1 heterocycles. The minimum absolute atomic E-state index is 0.00665. The summed E-state index contributed by atoms with van der Waals surface area (Å²) in [6.07, 6.45) is 0.404. The maximum Gasteiger partial charge on any atom is 0.237 e. The number of benzene rings is 2. The molecule has 0 aliphatic carbocycles. The van der Waals surface area contributed by atoms with Crippen molar-refractivity contribution >= 4 is 11.7 Å². The van der Waals surface area contributed by atoms with Gasteiger partial charge in [-0.1, -0.05) is 42.5 Å². The second-order valence-corrected chi connectivity index (χ2v) is 5.67. The van der Waals surface area contributed by atoms with Gasteiger partial charge in [0.2, 0.25) is 5.91 Å². The van der Waals surface area contributed by atoms with Crippen molar-refractivity contribution < 1.29 is 14.3 Å². The molecule has 2 aromatic rings. The molecule has 1 amide bonds. The van der Waals surface area contributed by atoms with Crippen LogP contribution in [-0.4, -0.2) is 30.2 Å². The van der Waals surface area contributed by atoms with Gasteiger partial charge in [-0.15, -0.1) is 0 Å². The average molecular weight is 309 g/mol. The molecule has 1 unspecified atom stereocenters. The van der Waals surface area contributed by atoms with Crippen LogP contribution in [0.15, 0.2) is 54.6 Å². The van der Waals surface area contributed by atoms with Gasteiger partial charge in [-0.25, -0.2) is 0 Å².